The van der Waals surface area contributed by atoms with Crippen LogP contribution in [0.4, 0.5) is 0 Å². The van der Waals surface area contributed by atoms with Crippen molar-refractivity contribution in [3.63, 3.8) is 0 Å². The van der Waals surface area contributed by atoms with Gasteiger partial charge in [-0.25, -0.2) is 0 Å². The van der Waals surface area contributed by atoms with Crippen LogP contribution >= 0.6 is 0 Å². The Balaban J connectivity index is 1.45. The van der Waals surface area contributed by atoms with Gasteiger partial charge in [0.25, 0.3) is 5.91 Å². The smallest absolute Gasteiger partial charge is 0.254 e. The lowest BCUT2D eigenvalue weighted by atomic mass is 9.91. The molecule has 1 unspecified atom stereocenters. The minimum Gasteiger partial charge on any atom is -0.497 e. The fourth-order valence-corrected chi connectivity index (χ4v) is 4.05. The van der Waals surface area contributed by atoms with Gasteiger partial charge in [0.05, 0.1) is 7.11 Å². The molecule has 1 saturated heterocycles. The zero-order chi connectivity index (χ0) is 17.9. The van der Waals surface area contributed by atoms with Crippen molar-refractivity contribution in [2.45, 2.75) is 31.7 Å². The fraction of sp³-hybridized carbons (Fsp3) is 0.409. The number of nitrogens with one attached hydrogen (secondary N) is 1. The predicted octanol–water partition coefficient (Wildman–Crippen LogP) is 3.36. The molecule has 2 heterocycles. The van der Waals surface area contributed by atoms with Gasteiger partial charge in [-0.3, -0.25) is 4.79 Å². The normalized spacial score (nSPS) is 19.7. The summed E-state index contributed by atoms with van der Waals surface area (Å²) in [5, 5.41) is 3.46. The van der Waals surface area contributed by atoms with E-state index < -0.39 is 0 Å². The zero-order valence-electron chi connectivity index (χ0n) is 15.3. The van der Waals surface area contributed by atoms with Crippen molar-refractivity contribution in [3.8, 4) is 5.75 Å². The topological polar surface area (TPSA) is 41.6 Å². The van der Waals surface area contributed by atoms with Crippen LogP contribution in [0.1, 0.15) is 45.8 Å². The van der Waals surface area contributed by atoms with Crippen molar-refractivity contribution in [1.29, 1.82) is 0 Å². The summed E-state index contributed by atoms with van der Waals surface area (Å²) < 4.78 is 5.30. The molecule has 2 aromatic rings. The number of hydrogen-bond acceptors (Lipinski definition) is 3. The molecule has 4 rings (SSSR count). The lowest BCUT2D eigenvalue weighted by Crippen LogP contribution is -2.36. The number of benzene rings is 2. The number of fused-ring (bicyclic) bond motifs is 1. The number of methoxy groups -OCH3 is 1. The summed E-state index contributed by atoms with van der Waals surface area (Å²) in [5.74, 6) is 1.58. The number of carbonyl (C=O) groups excluding carboxylic acids is 1. The molecule has 136 valence electrons. The van der Waals surface area contributed by atoms with Crippen LogP contribution < -0.4 is 10.1 Å². The molecule has 0 bridgehead atoms. The monoisotopic (exact) mass is 350 g/mol. The minimum atomic E-state index is 0.125. The van der Waals surface area contributed by atoms with E-state index in [2.05, 4.69) is 29.6 Å². The van der Waals surface area contributed by atoms with Crippen molar-refractivity contribution < 1.29 is 9.53 Å². The van der Waals surface area contributed by atoms with Crippen LogP contribution in [0.15, 0.2) is 42.5 Å². The van der Waals surface area contributed by atoms with Crippen LogP contribution in [0.25, 0.3) is 0 Å². The second-order valence-corrected chi connectivity index (χ2v) is 7.28. The molecule has 2 aliphatic heterocycles. The summed E-state index contributed by atoms with van der Waals surface area (Å²) in [6, 6.07) is 14.4. The van der Waals surface area contributed by atoms with E-state index in [0.717, 1.165) is 37.4 Å². The summed E-state index contributed by atoms with van der Waals surface area (Å²) in [4.78, 5) is 14.9. The number of amides is 1. The first-order valence-corrected chi connectivity index (χ1v) is 9.50. The van der Waals surface area contributed by atoms with E-state index in [1.807, 2.05) is 23.1 Å². The average molecular weight is 350 g/mol. The van der Waals surface area contributed by atoms with E-state index >= 15 is 0 Å². The Bertz CT molecular complexity index is 779. The average Bonchev–Trinajstić information content (AvgIpc) is 2.73. The summed E-state index contributed by atoms with van der Waals surface area (Å²) >= 11 is 0. The van der Waals surface area contributed by atoms with E-state index in [4.69, 9.17) is 4.74 Å². The third-order valence-electron chi connectivity index (χ3n) is 5.64. The van der Waals surface area contributed by atoms with Gasteiger partial charge >= 0.3 is 0 Å². The molecule has 1 atom stereocenters. The number of piperidine rings is 1. The molecule has 2 aromatic carbocycles. The van der Waals surface area contributed by atoms with E-state index in [0.29, 0.717) is 12.5 Å². The molecule has 1 amide bonds. The van der Waals surface area contributed by atoms with E-state index in [1.165, 1.54) is 29.5 Å². The Morgan fingerprint density at radius 2 is 2.00 bits per heavy atom. The van der Waals surface area contributed by atoms with Gasteiger partial charge in [0.15, 0.2) is 0 Å². The van der Waals surface area contributed by atoms with Crippen LogP contribution in [0.3, 0.4) is 0 Å². The van der Waals surface area contributed by atoms with Gasteiger partial charge in [-0.1, -0.05) is 18.2 Å². The first kappa shape index (κ1) is 17.1. The molecule has 0 saturated carbocycles. The van der Waals surface area contributed by atoms with Crippen LogP contribution in [0, 0.1) is 0 Å². The molecule has 0 spiro atoms. The van der Waals surface area contributed by atoms with Gasteiger partial charge in [0, 0.05) is 25.2 Å². The molecule has 1 N–H and O–H groups in total. The number of hydrogen-bond donors (Lipinski definition) is 1. The van der Waals surface area contributed by atoms with E-state index in [1.54, 1.807) is 7.11 Å². The number of ether oxygens (including phenoxy) is 1. The van der Waals surface area contributed by atoms with Crippen molar-refractivity contribution >= 4 is 5.91 Å². The summed E-state index contributed by atoms with van der Waals surface area (Å²) in [5.41, 5.74) is 4.63. The van der Waals surface area contributed by atoms with Gasteiger partial charge < -0.3 is 15.0 Å². The second-order valence-electron chi connectivity index (χ2n) is 7.28. The zero-order valence-corrected chi connectivity index (χ0v) is 15.3. The highest BCUT2D eigenvalue weighted by Crippen LogP contribution is 2.26. The number of carbonyl (C=O) groups is 1. The van der Waals surface area contributed by atoms with Gasteiger partial charge in [0.1, 0.15) is 5.75 Å². The third kappa shape index (κ3) is 3.47. The maximum atomic E-state index is 12.9. The molecular weight excluding hydrogens is 324 g/mol. The van der Waals surface area contributed by atoms with Gasteiger partial charge in [-0.15, -0.1) is 0 Å². The van der Waals surface area contributed by atoms with Crippen LogP contribution in [0.2, 0.25) is 0 Å². The Kier molecular flexibility index (Phi) is 4.93. The van der Waals surface area contributed by atoms with Crippen LogP contribution in [-0.4, -0.2) is 37.6 Å². The van der Waals surface area contributed by atoms with Crippen molar-refractivity contribution in [3.05, 3.63) is 64.7 Å². The molecule has 0 aromatic heterocycles. The van der Waals surface area contributed by atoms with E-state index in [-0.39, 0.29) is 5.91 Å². The fourth-order valence-electron chi connectivity index (χ4n) is 4.05. The summed E-state index contributed by atoms with van der Waals surface area (Å²) in [7, 11) is 1.69. The maximum Gasteiger partial charge on any atom is 0.254 e. The summed E-state index contributed by atoms with van der Waals surface area (Å²) in [6.45, 7) is 3.59. The number of rotatable bonds is 3. The molecular formula is C22H26N2O2. The lowest BCUT2D eigenvalue weighted by molar-refractivity contribution is 0.0734. The Morgan fingerprint density at radius 3 is 2.73 bits per heavy atom. The Hall–Kier alpha value is -2.33. The molecule has 0 aliphatic carbocycles. The Labute approximate surface area is 155 Å². The Morgan fingerprint density at radius 1 is 1.15 bits per heavy atom. The van der Waals surface area contributed by atoms with E-state index in [9.17, 15) is 4.79 Å². The molecule has 4 nitrogen and oxygen atoms in total. The van der Waals surface area contributed by atoms with Gasteiger partial charge in [0.2, 0.25) is 0 Å². The minimum absolute atomic E-state index is 0.125. The predicted molar refractivity (Wildman–Crippen MR) is 103 cm³/mol. The first-order valence-electron chi connectivity index (χ1n) is 9.50. The molecule has 26 heavy (non-hydrogen) atoms. The maximum absolute atomic E-state index is 12.9. The quantitative estimate of drug-likeness (QED) is 0.923. The lowest BCUT2D eigenvalue weighted by Gasteiger charge is -2.29. The van der Waals surface area contributed by atoms with Gasteiger partial charge in [-0.2, -0.15) is 0 Å². The summed E-state index contributed by atoms with van der Waals surface area (Å²) in [6.07, 6.45) is 3.33. The number of nitrogens with zero attached hydrogens (tertiary/aromatic N) is 1. The standard InChI is InChI=1S/C22H26N2O2/c1-26-21-9-8-20-15-24(12-10-18(20)13-21)22(25)17-6-4-16(5-7-17)19-3-2-11-23-14-19/h4-9,13,19,23H,2-3,10-12,14-15H2,1H3. The van der Waals surface area contributed by atoms with Crippen LogP contribution in [0.5, 0.6) is 5.75 Å². The largest absolute Gasteiger partial charge is 0.497 e. The van der Waals surface area contributed by atoms with Crippen molar-refractivity contribution in [2.24, 2.45) is 0 Å². The highest BCUT2D eigenvalue weighted by Gasteiger charge is 2.22. The molecule has 1 fully saturated rings. The molecule has 2 aliphatic rings. The highest BCUT2D eigenvalue weighted by molar-refractivity contribution is 5.94. The molecule has 0 radical (unpaired) electrons. The van der Waals surface area contributed by atoms with Crippen molar-refractivity contribution in [1.82, 2.24) is 10.2 Å². The SMILES string of the molecule is COc1ccc2c(c1)CCN(C(=O)c1ccc(C3CCCNC3)cc1)C2. The third-order valence-corrected chi connectivity index (χ3v) is 5.64. The molecule has 4 heteroatoms. The van der Waals surface area contributed by atoms with Gasteiger partial charge in [-0.05, 0) is 72.7 Å². The van der Waals surface area contributed by atoms with Crippen molar-refractivity contribution in [2.75, 3.05) is 26.7 Å². The van der Waals surface area contributed by atoms with Crippen LogP contribution in [-0.2, 0) is 13.0 Å². The highest BCUT2D eigenvalue weighted by atomic mass is 16.5. The second kappa shape index (κ2) is 7.50. The first-order chi connectivity index (χ1) is 12.7.